The summed E-state index contributed by atoms with van der Waals surface area (Å²) in [5.41, 5.74) is 0.520. The number of rotatable bonds is 7. The Morgan fingerprint density at radius 2 is 1.80 bits per heavy atom. The van der Waals surface area contributed by atoms with E-state index in [4.69, 9.17) is 5.14 Å². The molecule has 140 valence electrons. The van der Waals surface area contributed by atoms with E-state index < -0.39 is 10.0 Å². The second-order valence-electron chi connectivity index (χ2n) is 6.93. The van der Waals surface area contributed by atoms with Gasteiger partial charge >= 0.3 is 6.03 Å². The molecule has 25 heavy (non-hydrogen) atoms. The number of hydrogen-bond donors (Lipinski definition) is 3. The zero-order chi connectivity index (χ0) is 18.4. The fourth-order valence-electron chi connectivity index (χ4n) is 3.13. The minimum atomic E-state index is -3.72. The van der Waals surface area contributed by atoms with Gasteiger partial charge in [0.15, 0.2) is 0 Å². The highest BCUT2D eigenvalue weighted by Gasteiger charge is 2.23. The van der Waals surface area contributed by atoms with Crippen molar-refractivity contribution in [2.24, 2.45) is 11.1 Å². The summed E-state index contributed by atoms with van der Waals surface area (Å²) in [5, 5.41) is 10.7. The Hall–Kier alpha value is -1.64. The lowest BCUT2D eigenvalue weighted by Crippen LogP contribution is -2.44. The summed E-state index contributed by atoms with van der Waals surface area (Å²) < 4.78 is 22.5. The van der Waals surface area contributed by atoms with Gasteiger partial charge in [-0.2, -0.15) is 0 Å². The van der Waals surface area contributed by atoms with Crippen molar-refractivity contribution in [1.29, 1.82) is 0 Å². The minimum absolute atomic E-state index is 0.0180. The molecule has 7 nitrogen and oxygen atoms in total. The number of hydrogen-bond acceptors (Lipinski definition) is 4. The van der Waals surface area contributed by atoms with Gasteiger partial charge in [0.2, 0.25) is 10.0 Å². The monoisotopic (exact) mass is 368 g/mol. The number of primary sulfonamides is 1. The summed E-state index contributed by atoms with van der Waals surface area (Å²) in [6.07, 6.45) is 3.48. The normalized spacial score (nSPS) is 16.8. The lowest BCUT2D eigenvalue weighted by molar-refractivity contribution is 0.204. The van der Waals surface area contributed by atoms with E-state index in [0.29, 0.717) is 24.2 Å². The topological polar surface area (TPSA) is 105 Å². The van der Waals surface area contributed by atoms with Crippen LogP contribution in [0.2, 0.25) is 0 Å². The van der Waals surface area contributed by atoms with Crippen LogP contribution in [0.1, 0.15) is 33.1 Å². The van der Waals surface area contributed by atoms with Crippen LogP contribution in [0.4, 0.5) is 10.5 Å². The molecule has 1 saturated heterocycles. The van der Waals surface area contributed by atoms with E-state index in [-0.39, 0.29) is 10.9 Å². The molecule has 1 fully saturated rings. The van der Waals surface area contributed by atoms with Crippen LogP contribution < -0.4 is 15.8 Å². The summed E-state index contributed by atoms with van der Waals surface area (Å²) in [6.45, 7) is 7.16. The Labute approximate surface area is 150 Å². The van der Waals surface area contributed by atoms with Crippen LogP contribution in [0.25, 0.3) is 0 Å². The minimum Gasteiger partial charge on any atom is -0.336 e. The molecule has 1 atom stereocenters. The van der Waals surface area contributed by atoms with Crippen LogP contribution in [0.15, 0.2) is 29.2 Å². The van der Waals surface area contributed by atoms with Gasteiger partial charge in [-0.05, 0) is 62.5 Å². The van der Waals surface area contributed by atoms with E-state index in [0.717, 1.165) is 19.5 Å². The molecule has 1 aliphatic heterocycles. The first kappa shape index (κ1) is 19.7. The van der Waals surface area contributed by atoms with Gasteiger partial charge in [-0.15, -0.1) is 0 Å². The maximum atomic E-state index is 12.1. The number of likely N-dealkylation sites (tertiary alicyclic amines) is 1. The van der Waals surface area contributed by atoms with Gasteiger partial charge in [-0.3, -0.25) is 4.90 Å². The Kier molecular flexibility index (Phi) is 6.80. The van der Waals surface area contributed by atoms with Crippen molar-refractivity contribution < 1.29 is 13.2 Å². The summed E-state index contributed by atoms with van der Waals surface area (Å²) in [7, 11) is -3.72. The predicted octanol–water partition coefficient (Wildman–Crippen LogP) is 1.97. The van der Waals surface area contributed by atoms with E-state index in [1.54, 1.807) is 0 Å². The van der Waals surface area contributed by atoms with Crippen molar-refractivity contribution in [2.75, 3.05) is 25.0 Å². The maximum Gasteiger partial charge on any atom is 0.319 e. The third-order valence-electron chi connectivity index (χ3n) is 4.34. The molecule has 0 aromatic heterocycles. The van der Waals surface area contributed by atoms with Gasteiger partial charge in [0.1, 0.15) is 0 Å². The van der Waals surface area contributed by atoms with E-state index in [1.165, 1.54) is 37.1 Å². The van der Waals surface area contributed by atoms with Crippen molar-refractivity contribution >= 4 is 21.7 Å². The van der Waals surface area contributed by atoms with Gasteiger partial charge < -0.3 is 10.6 Å². The SMILES string of the molecule is CC(C)C[C@@H](CNC(=O)Nc1ccc(S(N)(=O)=O)cc1)N1CCCC1. The molecule has 0 unspecified atom stereocenters. The fraction of sp³-hybridized carbons (Fsp3) is 0.588. The van der Waals surface area contributed by atoms with Crippen molar-refractivity contribution in [1.82, 2.24) is 10.2 Å². The third kappa shape index (κ3) is 6.30. The molecule has 0 bridgehead atoms. The summed E-state index contributed by atoms with van der Waals surface area (Å²) >= 11 is 0. The van der Waals surface area contributed by atoms with E-state index in [1.807, 2.05) is 0 Å². The van der Waals surface area contributed by atoms with E-state index in [2.05, 4.69) is 29.4 Å². The van der Waals surface area contributed by atoms with Crippen molar-refractivity contribution in [3.8, 4) is 0 Å². The van der Waals surface area contributed by atoms with E-state index in [9.17, 15) is 13.2 Å². The lowest BCUT2D eigenvalue weighted by atomic mass is 10.0. The van der Waals surface area contributed by atoms with Crippen molar-refractivity contribution in [3.63, 3.8) is 0 Å². The van der Waals surface area contributed by atoms with Crippen LogP contribution in [0.5, 0.6) is 0 Å². The number of carbonyl (C=O) groups is 1. The molecule has 2 rings (SSSR count). The largest absolute Gasteiger partial charge is 0.336 e. The van der Waals surface area contributed by atoms with Crippen LogP contribution in [-0.2, 0) is 10.0 Å². The second-order valence-corrected chi connectivity index (χ2v) is 8.49. The van der Waals surface area contributed by atoms with Crippen LogP contribution in [0.3, 0.4) is 0 Å². The molecular formula is C17H28N4O3S. The average Bonchev–Trinajstić information content (AvgIpc) is 3.05. The fourth-order valence-corrected chi connectivity index (χ4v) is 3.64. The summed E-state index contributed by atoms with van der Waals surface area (Å²) in [6, 6.07) is 5.83. The highest BCUT2D eigenvalue weighted by Crippen LogP contribution is 2.17. The van der Waals surface area contributed by atoms with E-state index >= 15 is 0 Å². The number of nitrogens with one attached hydrogen (secondary N) is 2. The third-order valence-corrected chi connectivity index (χ3v) is 5.27. The molecule has 0 spiro atoms. The number of urea groups is 1. The summed E-state index contributed by atoms with van der Waals surface area (Å²) in [5.74, 6) is 0.571. The number of nitrogens with two attached hydrogens (primary N) is 1. The molecule has 4 N–H and O–H groups in total. The number of amides is 2. The van der Waals surface area contributed by atoms with Gasteiger partial charge in [0, 0.05) is 18.3 Å². The molecule has 1 aromatic rings. The molecule has 1 aromatic carbocycles. The zero-order valence-corrected chi connectivity index (χ0v) is 15.7. The van der Waals surface area contributed by atoms with Gasteiger partial charge in [0.25, 0.3) is 0 Å². The maximum absolute atomic E-state index is 12.1. The molecular weight excluding hydrogens is 340 g/mol. The van der Waals surface area contributed by atoms with Crippen LogP contribution in [-0.4, -0.2) is 45.0 Å². The molecule has 8 heteroatoms. The Morgan fingerprint density at radius 3 is 2.32 bits per heavy atom. The Morgan fingerprint density at radius 1 is 1.20 bits per heavy atom. The number of nitrogens with zero attached hydrogens (tertiary/aromatic N) is 1. The highest BCUT2D eigenvalue weighted by molar-refractivity contribution is 7.89. The van der Waals surface area contributed by atoms with Gasteiger partial charge in [-0.1, -0.05) is 13.8 Å². The lowest BCUT2D eigenvalue weighted by Gasteiger charge is -2.29. The number of benzene rings is 1. The van der Waals surface area contributed by atoms with Gasteiger partial charge in [0.05, 0.1) is 4.90 Å². The first-order chi connectivity index (χ1) is 11.8. The molecule has 1 aliphatic rings. The number of anilines is 1. The second kappa shape index (κ2) is 8.64. The molecule has 0 radical (unpaired) electrons. The molecule has 2 amide bonds. The molecule has 0 aliphatic carbocycles. The quantitative estimate of drug-likeness (QED) is 0.684. The molecule has 0 saturated carbocycles. The Balaban J connectivity index is 1.87. The Bertz CT molecular complexity index is 668. The predicted molar refractivity (Wildman–Crippen MR) is 98.9 cm³/mol. The standard InChI is InChI=1S/C17H28N4O3S/c1-13(2)11-15(21-9-3-4-10-21)12-19-17(22)20-14-5-7-16(8-6-14)25(18,23)24/h5-8,13,15H,3-4,9-12H2,1-2H3,(H2,18,23,24)(H2,19,20,22)/t15-/m0/s1. The van der Waals surface area contributed by atoms with Crippen molar-refractivity contribution in [2.45, 2.75) is 44.0 Å². The highest BCUT2D eigenvalue weighted by atomic mass is 32.2. The zero-order valence-electron chi connectivity index (χ0n) is 14.9. The van der Waals surface area contributed by atoms with Crippen LogP contribution >= 0.6 is 0 Å². The van der Waals surface area contributed by atoms with Crippen LogP contribution in [0, 0.1) is 5.92 Å². The first-order valence-electron chi connectivity index (χ1n) is 8.67. The number of carbonyl (C=O) groups excluding carboxylic acids is 1. The first-order valence-corrected chi connectivity index (χ1v) is 10.2. The molecule has 1 heterocycles. The average molecular weight is 369 g/mol. The van der Waals surface area contributed by atoms with Gasteiger partial charge in [-0.25, -0.2) is 18.4 Å². The smallest absolute Gasteiger partial charge is 0.319 e. The summed E-state index contributed by atoms with van der Waals surface area (Å²) in [4.78, 5) is 14.6. The number of sulfonamides is 1. The van der Waals surface area contributed by atoms with Crippen molar-refractivity contribution in [3.05, 3.63) is 24.3 Å².